The second-order valence-corrected chi connectivity index (χ2v) is 6.86. The van der Waals surface area contributed by atoms with Crippen LogP contribution in [0, 0.1) is 12.7 Å². The Hall–Kier alpha value is -3.60. The van der Waals surface area contributed by atoms with Crippen LogP contribution in [0.5, 0.6) is 5.75 Å². The average molecular weight is 452 g/mol. The molecule has 1 aromatic heterocycles. The first kappa shape index (κ1) is 23.1. The van der Waals surface area contributed by atoms with Gasteiger partial charge in [-0.15, -0.1) is 0 Å². The van der Waals surface area contributed by atoms with Gasteiger partial charge in [0.1, 0.15) is 11.6 Å². The number of aromatic nitrogens is 2. The van der Waals surface area contributed by atoms with E-state index in [-0.39, 0.29) is 23.5 Å². The van der Waals surface area contributed by atoms with Gasteiger partial charge in [0.25, 0.3) is 0 Å². The maximum atomic E-state index is 13.7. The summed E-state index contributed by atoms with van der Waals surface area (Å²) in [5.41, 5.74) is 0.210. The van der Waals surface area contributed by atoms with Crippen LogP contribution in [0.15, 0.2) is 42.5 Å². The number of anilines is 1. The number of aryl methyl sites for hydroxylation is 1. The lowest BCUT2D eigenvalue weighted by atomic mass is 10.2. The second kappa shape index (κ2) is 9.27. The molecule has 170 valence electrons. The minimum Gasteiger partial charge on any atom is -0.496 e. The molecule has 11 heteroatoms. The quantitative estimate of drug-likeness (QED) is 0.490. The van der Waals surface area contributed by atoms with Gasteiger partial charge >= 0.3 is 12.2 Å². The van der Waals surface area contributed by atoms with Crippen LogP contribution in [0.1, 0.15) is 22.5 Å². The Morgan fingerprint density at radius 1 is 1.19 bits per heavy atom. The van der Waals surface area contributed by atoms with Crippen LogP contribution in [0.2, 0.25) is 0 Å². The normalized spacial score (nSPS) is 11.3. The Bertz CT molecular complexity index is 1130. The summed E-state index contributed by atoms with van der Waals surface area (Å²) in [6.45, 7) is 0.967. The molecule has 3 rings (SSSR count). The number of nitrogens with one attached hydrogen (secondary N) is 2. The monoisotopic (exact) mass is 452 g/mol. The summed E-state index contributed by atoms with van der Waals surface area (Å²) in [6, 6.07) is 8.58. The minimum absolute atomic E-state index is 0.0642. The third-order valence-electron chi connectivity index (χ3n) is 4.61. The fraction of sp³-hybridized carbons (Fsp3) is 0.238. The lowest BCUT2D eigenvalue weighted by Gasteiger charge is -2.12. The van der Waals surface area contributed by atoms with Crippen LogP contribution in [0.3, 0.4) is 0 Å². The molecule has 0 spiro atoms. The molecule has 0 aliphatic rings. The smallest absolute Gasteiger partial charge is 0.435 e. The predicted molar refractivity (Wildman–Crippen MR) is 108 cm³/mol. The molecule has 0 aliphatic heterocycles. The highest BCUT2D eigenvalue weighted by atomic mass is 19.4. The fourth-order valence-corrected chi connectivity index (χ4v) is 3.00. The SMILES string of the molecule is COc1ccc(-n2nc(C(F)(F)F)cc2CNC(=O)Nc2ccc(CO)c(F)c2)cc1C. The van der Waals surface area contributed by atoms with Gasteiger partial charge in [0.05, 0.1) is 31.6 Å². The number of methoxy groups -OCH3 is 1. The van der Waals surface area contributed by atoms with Gasteiger partial charge in [-0.3, -0.25) is 0 Å². The highest BCUT2D eigenvalue weighted by Crippen LogP contribution is 2.30. The number of amides is 2. The molecule has 7 nitrogen and oxygen atoms in total. The number of urea groups is 1. The number of hydrogen-bond acceptors (Lipinski definition) is 4. The average Bonchev–Trinajstić information content (AvgIpc) is 3.17. The van der Waals surface area contributed by atoms with Gasteiger partial charge in [0.15, 0.2) is 5.69 Å². The van der Waals surface area contributed by atoms with E-state index in [1.807, 2.05) is 0 Å². The van der Waals surface area contributed by atoms with Crippen molar-refractivity contribution in [3.8, 4) is 11.4 Å². The minimum atomic E-state index is -4.67. The van der Waals surface area contributed by atoms with Crippen LogP contribution >= 0.6 is 0 Å². The molecule has 0 bridgehead atoms. The van der Waals surface area contributed by atoms with E-state index in [9.17, 15) is 22.4 Å². The van der Waals surface area contributed by atoms with Crippen molar-refractivity contribution in [3.63, 3.8) is 0 Å². The van der Waals surface area contributed by atoms with Gasteiger partial charge in [-0.2, -0.15) is 18.3 Å². The molecule has 0 saturated carbocycles. The molecule has 0 aliphatic carbocycles. The molecule has 32 heavy (non-hydrogen) atoms. The highest BCUT2D eigenvalue weighted by molar-refractivity contribution is 5.89. The maximum Gasteiger partial charge on any atom is 0.435 e. The van der Waals surface area contributed by atoms with Crippen molar-refractivity contribution >= 4 is 11.7 Å². The lowest BCUT2D eigenvalue weighted by Crippen LogP contribution is -2.29. The first-order chi connectivity index (χ1) is 15.1. The van der Waals surface area contributed by atoms with E-state index in [4.69, 9.17) is 9.84 Å². The van der Waals surface area contributed by atoms with Crippen LogP contribution in [0.25, 0.3) is 5.69 Å². The Labute approximate surface area is 180 Å². The lowest BCUT2D eigenvalue weighted by molar-refractivity contribution is -0.141. The number of halogens is 4. The Morgan fingerprint density at radius 3 is 2.53 bits per heavy atom. The third kappa shape index (κ3) is 5.17. The Kier molecular flexibility index (Phi) is 6.68. The number of benzene rings is 2. The largest absolute Gasteiger partial charge is 0.496 e. The molecule has 0 fully saturated rings. The second-order valence-electron chi connectivity index (χ2n) is 6.86. The Balaban J connectivity index is 1.81. The number of nitrogens with zero attached hydrogens (tertiary/aromatic N) is 2. The number of hydrogen-bond donors (Lipinski definition) is 3. The zero-order valence-corrected chi connectivity index (χ0v) is 17.1. The Morgan fingerprint density at radius 2 is 1.94 bits per heavy atom. The topological polar surface area (TPSA) is 88.4 Å². The van der Waals surface area contributed by atoms with Crippen LogP contribution in [0.4, 0.5) is 28.0 Å². The molecule has 2 amide bonds. The van der Waals surface area contributed by atoms with Gasteiger partial charge in [0, 0.05) is 11.3 Å². The van der Waals surface area contributed by atoms with Crippen LogP contribution < -0.4 is 15.4 Å². The standard InChI is InChI=1S/C21H20F4N4O3/c1-12-7-15(5-6-18(12)32-2)29-16(9-19(28-29)21(23,24)25)10-26-20(31)27-14-4-3-13(11-30)17(22)8-14/h3-9,30H,10-11H2,1-2H3,(H2,26,27,31). The third-order valence-corrected chi connectivity index (χ3v) is 4.61. The van der Waals surface area contributed by atoms with Gasteiger partial charge in [0.2, 0.25) is 0 Å². The van der Waals surface area contributed by atoms with Gasteiger partial charge in [-0.25, -0.2) is 13.9 Å². The molecule has 0 unspecified atom stereocenters. The first-order valence-electron chi connectivity index (χ1n) is 9.37. The summed E-state index contributed by atoms with van der Waals surface area (Å²) in [5, 5.41) is 17.5. The number of aliphatic hydroxyl groups excluding tert-OH is 1. The fourth-order valence-electron chi connectivity index (χ4n) is 3.00. The summed E-state index contributed by atoms with van der Waals surface area (Å²) in [6.07, 6.45) is -4.67. The van der Waals surface area contributed by atoms with E-state index in [0.29, 0.717) is 17.0 Å². The van der Waals surface area contributed by atoms with E-state index in [1.54, 1.807) is 25.1 Å². The number of alkyl halides is 3. The number of carbonyl (C=O) groups is 1. The van der Waals surface area contributed by atoms with Crippen LogP contribution in [-0.4, -0.2) is 28.0 Å². The van der Waals surface area contributed by atoms with Crippen molar-refractivity contribution < 1.29 is 32.2 Å². The predicted octanol–water partition coefficient (Wildman–Crippen LogP) is 4.16. The molecule has 0 atom stereocenters. The summed E-state index contributed by atoms with van der Waals surface area (Å²) >= 11 is 0. The van der Waals surface area contributed by atoms with E-state index in [0.717, 1.165) is 16.8 Å². The number of rotatable bonds is 6. The zero-order chi connectivity index (χ0) is 23.5. The summed E-state index contributed by atoms with van der Waals surface area (Å²) in [4.78, 5) is 12.2. The van der Waals surface area contributed by atoms with E-state index in [1.165, 1.54) is 19.2 Å². The molecule has 3 aromatic rings. The summed E-state index contributed by atoms with van der Waals surface area (Å²) < 4.78 is 59.7. The van der Waals surface area contributed by atoms with E-state index in [2.05, 4.69) is 15.7 Å². The van der Waals surface area contributed by atoms with Crippen molar-refractivity contribution in [1.29, 1.82) is 0 Å². The van der Waals surface area contributed by atoms with Crippen molar-refractivity contribution in [3.05, 3.63) is 70.8 Å². The number of aliphatic hydroxyl groups is 1. The summed E-state index contributed by atoms with van der Waals surface area (Å²) in [7, 11) is 1.48. The molecule has 2 aromatic carbocycles. The molecular weight excluding hydrogens is 432 g/mol. The molecule has 0 saturated heterocycles. The molecular formula is C21H20F4N4O3. The molecule has 1 heterocycles. The number of ether oxygens (including phenoxy) is 1. The molecule has 0 radical (unpaired) electrons. The van der Waals surface area contributed by atoms with E-state index >= 15 is 0 Å². The zero-order valence-electron chi connectivity index (χ0n) is 17.1. The maximum absolute atomic E-state index is 13.7. The van der Waals surface area contributed by atoms with Crippen molar-refractivity contribution in [2.75, 3.05) is 12.4 Å². The van der Waals surface area contributed by atoms with Gasteiger partial charge in [-0.05, 0) is 48.9 Å². The van der Waals surface area contributed by atoms with Crippen molar-refractivity contribution in [2.24, 2.45) is 0 Å². The number of carbonyl (C=O) groups excluding carboxylic acids is 1. The van der Waals surface area contributed by atoms with Gasteiger partial charge < -0.3 is 20.5 Å². The summed E-state index contributed by atoms with van der Waals surface area (Å²) in [5.74, 6) is -0.136. The van der Waals surface area contributed by atoms with E-state index < -0.39 is 30.3 Å². The molecule has 3 N–H and O–H groups in total. The first-order valence-corrected chi connectivity index (χ1v) is 9.37. The van der Waals surface area contributed by atoms with Gasteiger partial charge in [-0.1, -0.05) is 6.07 Å². The highest BCUT2D eigenvalue weighted by Gasteiger charge is 2.35. The van der Waals surface area contributed by atoms with Crippen LogP contribution in [-0.2, 0) is 19.3 Å². The van der Waals surface area contributed by atoms with Crippen molar-refractivity contribution in [2.45, 2.75) is 26.3 Å². The van der Waals surface area contributed by atoms with Crippen molar-refractivity contribution in [1.82, 2.24) is 15.1 Å².